The van der Waals surface area contributed by atoms with Crippen molar-refractivity contribution >= 4 is 18.0 Å². The maximum absolute atomic E-state index is 12.3. The van der Waals surface area contributed by atoms with E-state index in [2.05, 4.69) is 16.2 Å². The summed E-state index contributed by atoms with van der Waals surface area (Å²) in [7, 11) is 1.26. The van der Waals surface area contributed by atoms with Gasteiger partial charge in [-0.05, 0) is 51.0 Å². The van der Waals surface area contributed by atoms with Crippen molar-refractivity contribution in [2.75, 3.05) is 7.11 Å². The van der Waals surface area contributed by atoms with Crippen molar-refractivity contribution in [3.05, 3.63) is 51.7 Å². The number of furan rings is 1. The average Bonchev–Trinajstić information content (AvgIpc) is 3.18. The molecule has 0 aliphatic rings. The van der Waals surface area contributed by atoms with E-state index in [0.29, 0.717) is 11.3 Å². The van der Waals surface area contributed by atoms with Gasteiger partial charge in [0.25, 0.3) is 0 Å². The van der Waals surface area contributed by atoms with Gasteiger partial charge >= 0.3 is 11.9 Å². The molecule has 0 spiro atoms. The van der Waals surface area contributed by atoms with Crippen LogP contribution in [0.3, 0.4) is 0 Å². The van der Waals surface area contributed by atoms with Gasteiger partial charge in [-0.15, -0.1) is 0 Å². The molecule has 0 bridgehead atoms. The summed E-state index contributed by atoms with van der Waals surface area (Å²) < 4.78 is 17.3. The molecule has 7 nitrogen and oxygen atoms in total. The number of rotatable bonds is 7. The van der Waals surface area contributed by atoms with E-state index in [-0.39, 0.29) is 17.9 Å². The highest BCUT2D eigenvalue weighted by molar-refractivity contribution is 5.98. The van der Waals surface area contributed by atoms with Crippen molar-refractivity contribution in [3.8, 4) is 6.07 Å². The number of nitrogens with zero attached hydrogens (tertiary/aromatic N) is 2. The van der Waals surface area contributed by atoms with Gasteiger partial charge < -0.3 is 18.5 Å². The summed E-state index contributed by atoms with van der Waals surface area (Å²) in [4.78, 5) is 23.9. The first-order valence-electron chi connectivity index (χ1n) is 8.95. The van der Waals surface area contributed by atoms with Gasteiger partial charge in [-0.25, -0.2) is 9.59 Å². The Morgan fingerprint density at radius 3 is 2.61 bits per heavy atom. The third kappa shape index (κ3) is 4.52. The Morgan fingerprint density at radius 1 is 1.29 bits per heavy atom. The fraction of sp³-hybridized carbons (Fsp3) is 0.381. The first-order chi connectivity index (χ1) is 13.3. The largest absolute Gasteiger partial charge is 0.463 e. The topological polar surface area (TPSA) is 94.5 Å². The summed E-state index contributed by atoms with van der Waals surface area (Å²) in [5, 5.41) is 9.37. The molecule has 0 N–H and O–H groups in total. The lowest BCUT2D eigenvalue weighted by Crippen LogP contribution is -2.07. The number of nitriles is 1. The lowest BCUT2D eigenvalue weighted by molar-refractivity contribution is -0.140. The molecule has 28 heavy (non-hydrogen) atoms. The molecule has 2 rings (SSSR count). The minimum Gasteiger partial charge on any atom is -0.463 e. The third-order valence-electron chi connectivity index (χ3n) is 4.39. The standard InChI is InChI=1S/C21H24N2O5/c1-6-7-23-14(3)9-16(15(23)4)10-17(11-22)20(24)27-12-18-8-13(2)19(28-18)21(25)26-5/h8-10H,6-7,12H2,1-5H3/b17-10+. The van der Waals surface area contributed by atoms with Crippen LogP contribution in [0.1, 0.15) is 52.2 Å². The van der Waals surface area contributed by atoms with Crippen LogP contribution in [0, 0.1) is 32.1 Å². The van der Waals surface area contributed by atoms with Crippen molar-refractivity contribution < 1.29 is 23.5 Å². The van der Waals surface area contributed by atoms with E-state index in [1.165, 1.54) is 13.2 Å². The van der Waals surface area contributed by atoms with Crippen LogP contribution in [0.15, 0.2) is 22.1 Å². The van der Waals surface area contributed by atoms with Crippen LogP contribution in [0.2, 0.25) is 0 Å². The minimum atomic E-state index is -0.753. The zero-order chi connectivity index (χ0) is 20.8. The molecule has 0 fully saturated rings. The SMILES string of the molecule is CCCn1c(C)cc(/C=C(\C#N)C(=O)OCc2cc(C)c(C(=O)OC)o2)c1C. The zero-order valence-electron chi connectivity index (χ0n) is 16.8. The molecule has 0 atom stereocenters. The van der Waals surface area contributed by atoms with Crippen LogP contribution in [0.25, 0.3) is 6.08 Å². The van der Waals surface area contributed by atoms with Gasteiger partial charge in [0.05, 0.1) is 7.11 Å². The van der Waals surface area contributed by atoms with Gasteiger partial charge in [0.1, 0.15) is 24.0 Å². The van der Waals surface area contributed by atoms with Gasteiger partial charge in [0, 0.05) is 23.5 Å². The molecule has 0 saturated heterocycles. The molecule has 2 aromatic rings. The molecule has 0 saturated carbocycles. The summed E-state index contributed by atoms with van der Waals surface area (Å²) >= 11 is 0. The van der Waals surface area contributed by atoms with E-state index < -0.39 is 11.9 Å². The highest BCUT2D eigenvalue weighted by Crippen LogP contribution is 2.20. The molecule has 0 aromatic carbocycles. The summed E-state index contributed by atoms with van der Waals surface area (Å²) in [6, 6.07) is 5.42. The maximum Gasteiger partial charge on any atom is 0.374 e. The fourth-order valence-electron chi connectivity index (χ4n) is 2.96. The van der Waals surface area contributed by atoms with Crippen LogP contribution < -0.4 is 0 Å². The van der Waals surface area contributed by atoms with Gasteiger partial charge in [-0.1, -0.05) is 6.92 Å². The van der Waals surface area contributed by atoms with Crippen molar-refractivity contribution in [1.29, 1.82) is 5.26 Å². The zero-order valence-corrected chi connectivity index (χ0v) is 16.8. The maximum atomic E-state index is 12.3. The van der Waals surface area contributed by atoms with Gasteiger partial charge in [0.2, 0.25) is 5.76 Å². The van der Waals surface area contributed by atoms with Crippen molar-refractivity contribution in [1.82, 2.24) is 4.57 Å². The predicted molar refractivity (Wildman–Crippen MR) is 102 cm³/mol. The Kier molecular flexibility index (Phi) is 6.83. The molecule has 0 aliphatic carbocycles. The van der Waals surface area contributed by atoms with Crippen molar-refractivity contribution in [3.63, 3.8) is 0 Å². The van der Waals surface area contributed by atoms with Crippen molar-refractivity contribution in [2.24, 2.45) is 0 Å². The van der Waals surface area contributed by atoms with E-state index in [9.17, 15) is 14.9 Å². The van der Waals surface area contributed by atoms with Gasteiger partial charge in [0.15, 0.2) is 0 Å². The number of carbonyl (C=O) groups excluding carboxylic acids is 2. The quantitative estimate of drug-likeness (QED) is 0.409. The van der Waals surface area contributed by atoms with Crippen LogP contribution in [-0.4, -0.2) is 23.6 Å². The molecule has 0 unspecified atom stereocenters. The number of ether oxygens (including phenoxy) is 2. The molecule has 0 aliphatic heterocycles. The summed E-state index contributed by atoms with van der Waals surface area (Å²) in [6.45, 7) is 8.40. The number of aromatic nitrogens is 1. The number of carbonyl (C=O) groups is 2. The number of hydrogen-bond acceptors (Lipinski definition) is 6. The average molecular weight is 384 g/mol. The van der Waals surface area contributed by atoms with E-state index >= 15 is 0 Å². The highest BCUT2D eigenvalue weighted by atomic mass is 16.6. The lowest BCUT2D eigenvalue weighted by Gasteiger charge is -2.07. The van der Waals surface area contributed by atoms with E-state index in [1.807, 2.05) is 26.0 Å². The Morgan fingerprint density at radius 2 is 2.00 bits per heavy atom. The van der Waals surface area contributed by atoms with Crippen molar-refractivity contribution in [2.45, 2.75) is 47.3 Å². The summed E-state index contributed by atoms with van der Waals surface area (Å²) in [5.41, 5.74) is 3.34. The first kappa shape index (κ1) is 21.0. The fourth-order valence-corrected chi connectivity index (χ4v) is 2.96. The van der Waals surface area contributed by atoms with Crippen LogP contribution in [0.4, 0.5) is 0 Å². The molecule has 7 heteroatoms. The number of esters is 2. The second-order valence-corrected chi connectivity index (χ2v) is 6.44. The molecule has 0 radical (unpaired) electrons. The summed E-state index contributed by atoms with van der Waals surface area (Å²) in [5.74, 6) is -0.996. The molecular formula is C21H24N2O5. The molecule has 2 aromatic heterocycles. The highest BCUT2D eigenvalue weighted by Gasteiger charge is 2.18. The third-order valence-corrected chi connectivity index (χ3v) is 4.39. The monoisotopic (exact) mass is 384 g/mol. The van der Waals surface area contributed by atoms with E-state index in [4.69, 9.17) is 9.15 Å². The van der Waals surface area contributed by atoms with E-state index in [0.717, 1.165) is 29.9 Å². The second-order valence-electron chi connectivity index (χ2n) is 6.44. The number of hydrogen-bond donors (Lipinski definition) is 0. The predicted octanol–water partition coefficient (Wildman–Crippen LogP) is 3.85. The Balaban J connectivity index is 2.15. The Labute approximate surface area is 164 Å². The number of methoxy groups -OCH3 is 1. The van der Waals surface area contributed by atoms with Crippen LogP contribution in [0.5, 0.6) is 0 Å². The Bertz CT molecular complexity index is 956. The van der Waals surface area contributed by atoms with Gasteiger partial charge in [-0.2, -0.15) is 5.26 Å². The van der Waals surface area contributed by atoms with Crippen LogP contribution >= 0.6 is 0 Å². The van der Waals surface area contributed by atoms with Crippen LogP contribution in [-0.2, 0) is 27.4 Å². The molecular weight excluding hydrogens is 360 g/mol. The first-order valence-corrected chi connectivity index (χ1v) is 8.95. The Hall–Kier alpha value is -3.27. The molecule has 148 valence electrons. The smallest absolute Gasteiger partial charge is 0.374 e. The normalized spacial score (nSPS) is 11.2. The molecule has 0 amide bonds. The second kappa shape index (κ2) is 9.09. The summed E-state index contributed by atoms with van der Waals surface area (Å²) in [6.07, 6.45) is 2.52. The van der Waals surface area contributed by atoms with E-state index in [1.54, 1.807) is 13.0 Å². The lowest BCUT2D eigenvalue weighted by atomic mass is 10.1. The number of aryl methyl sites for hydroxylation is 2. The molecule has 2 heterocycles. The van der Waals surface area contributed by atoms with Gasteiger partial charge in [-0.3, -0.25) is 0 Å². The minimum absolute atomic E-state index is 0.0629.